The van der Waals surface area contributed by atoms with Gasteiger partial charge in [-0.1, -0.05) is 29.3 Å². The van der Waals surface area contributed by atoms with Crippen molar-refractivity contribution in [1.82, 2.24) is 4.90 Å². The van der Waals surface area contributed by atoms with E-state index in [0.29, 0.717) is 42.1 Å². The van der Waals surface area contributed by atoms with Crippen molar-refractivity contribution in [2.75, 3.05) is 33.4 Å². The van der Waals surface area contributed by atoms with Gasteiger partial charge in [0.15, 0.2) is 11.5 Å². The number of aliphatic hydroxyl groups is 1. The maximum Gasteiger partial charge on any atom is 0.161 e. The molecule has 3 rings (SSSR count). The van der Waals surface area contributed by atoms with Crippen LogP contribution in [0.5, 0.6) is 17.2 Å². The number of hydrogen-bond donors (Lipinski definition) is 1. The quantitative estimate of drug-likeness (QED) is 0.772. The zero-order valence-electron chi connectivity index (χ0n) is 14.5. The largest absolute Gasteiger partial charge is 0.489 e. The Morgan fingerprint density at radius 3 is 2.65 bits per heavy atom. The molecule has 0 bridgehead atoms. The summed E-state index contributed by atoms with van der Waals surface area (Å²) in [5.74, 6) is 2.05. The first-order chi connectivity index (χ1) is 12.5. The average molecular weight is 398 g/mol. The molecule has 0 aliphatic carbocycles. The topological polar surface area (TPSA) is 51.2 Å². The molecule has 0 unspecified atom stereocenters. The summed E-state index contributed by atoms with van der Waals surface area (Å²) in [5, 5.41) is 11.2. The molecule has 0 saturated carbocycles. The summed E-state index contributed by atoms with van der Waals surface area (Å²) in [7, 11) is 1.94. The molecule has 1 aliphatic rings. The second kappa shape index (κ2) is 8.82. The fourth-order valence-corrected chi connectivity index (χ4v) is 3.22. The van der Waals surface area contributed by atoms with Crippen LogP contribution < -0.4 is 14.2 Å². The molecule has 1 aliphatic heterocycles. The Kier molecular flexibility index (Phi) is 6.48. The third-order valence-corrected chi connectivity index (χ3v) is 4.44. The molecule has 0 aromatic heterocycles. The third kappa shape index (κ3) is 5.17. The van der Waals surface area contributed by atoms with Crippen LogP contribution >= 0.6 is 23.2 Å². The first-order valence-electron chi connectivity index (χ1n) is 8.34. The summed E-state index contributed by atoms with van der Waals surface area (Å²) in [6, 6.07) is 10.9. The van der Waals surface area contributed by atoms with Crippen molar-refractivity contribution in [3.63, 3.8) is 0 Å². The number of nitrogens with zero attached hydrogens (tertiary/aromatic N) is 1. The van der Waals surface area contributed by atoms with E-state index in [1.807, 2.05) is 30.1 Å². The van der Waals surface area contributed by atoms with E-state index in [-0.39, 0.29) is 6.61 Å². The highest BCUT2D eigenvalue weighted by atomic mass is 35.5. The van der Waals surface area contributed by atoms with Crippen molar-refractivity contribution in [2.24, 2.45) is 0 Å². The molecule has 1 N–H and O–H groups in total. The molecule has 0 amide bonds. The fraction of sp³-hybridized carbons (Fsp3) is 0.368. The van der Waals surface area contributed by atoms with Crippen molar-refractivity contribution in [3.8, 4) is 17.2 Å². The van der Waals surface area contributed by atoms with Crippen molar-refractivity contribution in [2.45, 2.75) is 12.6 Å². The Bertz CT molecular complexity index is 756. The predicted molar refractivity (Wildman–Crippen MR) is 102 cm³/mol. The highest BCUT2D eigenvalue weighted by Gasteiger charge is 2.14. The van der Waals surface area contributed by atoms with Crippen LogP contribution in [0.15, 0.2) is 36.4 Å². The van der Waals surface area contributed by atoms with Gasteiger partial charge in [-0.2, -0.15) is 0 Å². The molecule has 5 nitrogen and oxygen atoms in total. The van der Waals surface area contributed by atoms with Gasteiger partial charge in [-0.3, -0.25) is 4.90 Å². The van der Waals surface area contributed by atoms with Crippen LogP contribution in [-0.2, 0) is 6.54 Å². The summed E-state index contributed by atoms with van der Waals surface area (Å²) in [6.45, 7) is 2.42. The summed E-state index contributed by atoms with van der Waals surface area (Å²) in [6.07, 6.45) is -0.649. The van der Waals surface area contributed by atoms with Crippen LogP contribution in [0.2, 0.25) is 10.0 Å². The van der Waals surface area contributed by atoms with E-state index >= 15 is 0 Å². The van der Waals surface area contributed by atoms with E-state index < -0.39 is 6.10 Å². The van der Waals surface area contributed by atoms with Gasteiger partial charge in [0.1, 0.15) is 31.7 Å². The van der Waals surface area contributed by atoms with Crippen LogP contribution in [0.3, 0.4) is 0 Å². The monoisotopic (exact) mass is 397 g/mol. The molecule has 2 aromatic carbocycles. The van der Waals surface area contributed by atoms with Gasteiger partial charge in [0.2, 0.25) is 0 Å². The molecule has 0 radical (unpaired) electrons. The standard InChI is InChI=1S/C19H21Cl2NO4/c1-22(10-13-2-4-18-19(8-13)25-7-6-24-18)11-15(23)12-26-17-5-3-14(20)9-16(17)21/h2-5,8-9,15,23H,6-7,10-12H2,1H3/t15-/m1/s1. The molecule has 2 aromatic rings. The highest BCUT2D eigenvalue weighted by molar-refractivity contribution is 6.35. The Hall–Kier alpha value is -1.66. The van der Waals surface area contributed by atoms with Crippen molar-refractivity contribution in [1.29, 1.82) is 0 Å². The number of rotatable bonds is 7. The summed E-state index contributed by atoms with van der Waals surface area (Å²) < 4.78 is 16.7. The molecule has 0 spiro atoms. The first-order valence-corrected chi connectivity index (χ1v) is 9.10. The van der Waals surface area contributed by atoms with Crippen molar-refractivity contribution < 1.29 is 19.3 Å². The Morgan fingerprint density at radius 2 is 1.88 bits per heavy atom. The summed E-state index contributed by atoms with van der Waals surface area (Å²) in [5.41, 5.74) is 1.09. The maximum absolute atomic E-state index is 10.2. The van der Waals surface area contributed by atoms with Crippen LogP contribution in [0.25, 0.3) is 0 Å². The average Bonchev–Trinajstić information content (AvgIpc) is 2.60. The molecule has 7 heteroatoms. The molecule has 26 heavy (non-hydrogen) atoms. The number of benzene rings is 2. The lowest BCUT2D eigenvalue weighted by molar-refractivity contribution is 0.0744. The van der Waals surface area contributed by atoms with Gasteiger partial charge in [0.05, 0.1) is 5.02 Å². The van der Waals surface area contributed by atoms with E-state index in [9.17, 15) is 5.11 Å². The van der Waals surface area contributed by atoms with Gasteiger partial charge in [-0.25, -0.2) is 0 Å². The van der Waals surface area contributed by atoms with Crippen LogP contribution in [0.4, 0.5) is 0 Å². The number of halogens is 2. The Balaban J connectivity index is 1.48. The lowest BCUT2D eigenvalue weighted by atomic mass is 10.2. The van der Waals surface area contributed by atoms with Gasteiger partial charge in [0.25, 0.3) is 0 Å². The zero-order valence-corrected chi connectivity index (χ0v) is 16.0. The number of likely N-dealkylation sites (N-methyl/N-ethyl adjacent to an activating group) is 1. The second-order valence-corrected chi connectivity index (χ2v) is 7.06. The number of fused-ring (bicyclic) bond motifs is 1. The van der Waals surface area contributed by atoms with Crippen LogP contribution in [-0.4, -0.2) is 49.5 Å². The Labute approximate surface area is 163 Å². The van der Waals surface area contributed by atoms with E-state index in [1.54, 1.807) is 18.2 Å². The Morgan fingerprint density at radius 1 is 1.12 bits per heavy atom. The van der Waals surface area contributed by atoms with E-state index in [4.69, 9.17) is 37.4 Å². The first kappa shape index (κ1) is 19.1. The molecule has 140 valence electrons. The molecule has 0 fully saturated rings. The summed E-state index contributed by atoms with van der Waals surface area (Å²) in [4.78, 5) is 2.02. The zero-order chi connectivity index (χ0) is 18.5. The molecular weight excluding hydrogens is 377 g/mol. The fourth-order valence-electron chi connectivity index (χ4n) is 2.75. The van der Waals surface area contributed by atoms with Crippen LogP contribution in [0, 0.1) is 0 Å². The summed E-state index contributed by atoms with van der Waals surface area (Å²) >= 11 is 11.9. The lowest BCUT2D eigenvalue weighted by Gasteiger charge is -2.23. The molecular formula is C19H21Cl2NO4. The molecule has 1 heterocycles. The SMILES string of the molecule is CN(Cc1ccc2c(c1)OCCO2)C[C@@H](O)COc1ccc(Cl)cc1Cl. The second-order valence-electron chi connectivity index (χ2n) is 6.21. The lowest BCUT2D eigenvalue weighted by Crippen LogP contribution is -2.32. The van der Waals surface area contributed by atoms with Gasteiger partial charge >= 0.3 is 0 Å². The molecule has 1 atom stereocenters. The van der Waals surface area contributed by atoms with Gasteiger partial charge < -0.3 is 19.3 Å². The number of aliphatic hydroxyl groups excluding tert-OH is 1. The minimum absolute atomic E-state index is 0.146. The van der Waals surface area contributed by atoms with Crippen molar-refractivity contribution in [3.05, 3.63) is 52.0 Å². The van der Waals surface area contributed by atoms with E-state index in [2.05, 4.69) is 0 Å². The van der Waals surface area contributed by atoms with Crippen LogP contribution in [0.1, 0.15) is 5.56 Å². The number of ether oxygens (including phenoxy) is 3. The third-order valence-electron chi connectivity index (χ3n) is 3.91. The minimum atomic E-state index is -0.649. The van der Waals surface area contributed by atoms with E-state index in [0.717, 1.165) is 17.1 Å². The number of hydrogen-bond acceptors (Lipinski definition) is 5. The maximum atomic E-state index is 10.2. The van der Waals surface area contributed by atoms with E-state index in [1.165, 1.54) is 0 Å². The normalized spacial score (nSPS) is 14.3. The minimum Gasteiger partial charge on any atom is -0.489 e. The van der Waals surface area contributed by atoms with Crippen molar-refractivity contribution >= 4 is 23.2 Å². The smallest absolute Gasteiger partial charge is 0.161 e. The van der Waals surface area contributed by atoms with Gasteiger partial charge in [-0.15, -0.1) is 0 Å². The molecule has 0 saturated heterocycles. The van der Waals surface area contributed by atoms with Gasteiger partial charge in [0, 0.05) is 18.1 Å². The van der Waals surface area contributed by atoms with Gasteiger partial charge in [-0.05, 0) is 42.9 Å². The highest BCUT2D eigenvalue weighted by Crippen LogP contribution is 2.31. The predicted octanol–water partition coefficient (Wildman–Crippen LogP) is 3.64.